The number of nitriles is 1. The molecule has 0 saturated carbocycles. The Bertz CT molecular complexity index is 992. The van der Waals surface area contributed by atoms with Gasteiger partial charge in [0.05, 0.1) is 7.11 Å². The van der Waals surface area contributed by atoms with Gasteiger partial charge in [0.2, 0.25) is 10.0 Å². The molecular weight excluding hydrogens is 449 g/mol. The number of nitrogens with zero attached hydrogens (tertiary/aromatic N) is 3. The number of halogens is 2. The average Bonchev–Trinajstić information content (AvgIpc) is 3.16. The van der Waals surface area contributed by atoms with Gasteiger partial charge >= 0.3 is 0 Å². The third kappa shape index (κ3) is 4.29. The zero-order valence-electron chi connectivity index (χ0n) is 15.2. The minimum absolute atomic E-state index is 0.0434. The molecule has 0 radical (unpaired) electrons. The highest BCUT2D eigenvalue weighted by atomic mass is 79.9. The summed E-state index contributed by atoms with van der Waals surface area (Å²) >= 11 is 3.31. The summed E-state index contributed by atoms with van der Waals surface area (Å²) in [5, 5.41) is 9.16. The van der Waals surface area contributed by atoms with Gasteiger partial charge in [-0.05, 0) is 42.3 Å². The fourth-order valence-electron chi connectivity index (χ4n) is 3.23. The predicted molar refractivity (Wildman–Crippen MR) is 105 cm³/mol. The van der Waals surface area contributed by atoms with Crippen LogP contribution in [0.2, 0.25) is 0 Å². The Morgan fingerprint density at radius 2 is 2.04 bits per heavy atom. The highest BCUT2D eigenvalue weighted by molar-refractivity contribution is 9.10. The number of benzene rings is 2. The maximum atomic E-state index is 13.6. The van der Waals surface area contributed by atoms with Crippen molar-refractivity contribution in [2.24, 2.45) is 0 Å². The molecule has 148 valence electrons. The second-order valence-electron chi connectivity index (χ2n) is 6.46. The van der Waals surface area contributed by atoms with Crippen molar-refractivity contribution in [2.75, 3.05) is 20.2 Å². The molecule has 0 aromatic heterocycles. The molecule has 2 aromatic carbocycles. The number of ether oxygens (including phenoxy) is 1. The van der Waals surface area contributed by atoms with Gasteiger partial charge in [-0.2, -0.15) is 9.57 Å². The molecule has 1 fully saturated rings. The van der Waals surface area contributed by atoms with Crippen LogP contribution in [0.25, 0.3) is 0 Å². The van der Waals surface area contributed by atoms with E-state index in [-0.39, 0.29) is 29.0 Å². The summed E-state index contributed by atoms with van der Waals surface area (Å²) in [5.41, 5.74) is 0.661. The molecule has 0 N–H and O–H groups in total. The van der Waals surface area contributed by atoms with Gasteiger partial charge in [0.1, 0.15) is 16.5 Å². The molecule has 2 aromatic rings. The molecule has 28 heavy (non-hydrogen) atoms. The van der Waals surface area contributed by atoms with Crippen LogP contribution in [0.5, 0.6) is 5.75 Å². The van der Waals surface area contributed by atoms with E-state index in [0.717, 1.165) is 0 Å². The van der Waals surface area contributed by atoms with Gasteiger partial charge in [0.25, 0.3) is 0 Å². The quantitative estimate of drug-likeness (QED) is 0.609. The monoisotopic (exact) mass is 467 g/mol. The summed E-state index contributed by atoms with van der Waals surface area (Å²) < 4.78 is 47.7. The Morgan fingerprint density at radius 1 is 1.32 bits per heavy atom. The van der Waals surface area contributed by atoms with E-state index >= 15 is 0 Å². The number of methoxy groups -OCH3 is 1. The van der Waals surface area contributed by atoms with Crippen LogP contribution in [-0.2, 0) is 16.6 Å². The fourth-order valence-corrected chi connectivity index (χ4v) is 5.56. The van der Waals surface area contributed by atoms with E-state index in [2.05, 4.69) is 22.1 Å². The van der Waals surface area contributed by atoms with Crippen LogP contribution in [0.1, 0.15) is 12.0 Å². The lowest BCUT2D eigenvalue weighted by Crippen LogP contribution is -2.41. The Labute approximate surface area is 172 Å². The number of likely N-dealkylation sites (tertiary alicyclic amines) is 1. The third-order valence-corrected chi connectivity index (χ3v) is 7.09. The normalized spacial score (nSPS) is 17.0. The summed E-state index contributed by atoms with van der Waals surface area (Å²) in [4.78, 5) is 1.58. The largest absolute Gasteiger partial charge is 0.495 e. The Kier molecular flexibility index (Phi) is 6.23. The van der Waals surface area contributed by atoms with Crippen LogP contribution in [0.3, 0.4) is 0 Å². The van der Waals surface area contributed by atoms with E-state index in [9.17, 15) is 12.8 Å². The standard InChI is InChI=1S/C19H19BrFN3O3S/c1-27-18-7-4-15(20)10-19(18)28(25,26)24(17-8-9-23(12-17)13-22)11-14-2-5-16(21)6-3-14/h2-7,10,17H,8-9,11-12H2,1H3/t17-/m1/s1. The van der Waals surface area contributed by atoms with Crippen molar-refractivity contribution in [1.29, 1.82) is 5.26 Å². The zero-order chi connectivity index (χ0) is 20.3. The van der Waals surface area contributed by atoms with Crippen molar-refractivity contribution < 1.29 is 17.5 Å². The predicted octanol–water partition coefficient (Wildman–Crippen LogP) is 3.34. The lowest BCUT2D eigenvalue weighted by Gasteiger charge is -2.28. The van der Waals surface area contributed by atoms with Gasteiger partial charge in [-0.1, -0.05) is 28.1 Å². The second-order valence-corrected chi connectivity index (χ2v) is 9.24. The number of sulfonamides is 1. The van der Waals surface area contributed by atoms with E-state index in [4.69, 9.17) is 10.00 Å². The van der Waals surface area contributed by atoms with Crippen molar-refractivity contribution in [2.45, 2.75) is 23.9 Å². The SMILES string of the molecule is COc1ccc(Br)cc1S(=O)(=O)N(Cc1ccc(F)cc1)[C@@H]1CCN(C#N)C1. The van der Waals surface area contributed by atoms with E-state index in [1.54, 1.807) is 24.3 Å². The van der Waals surface area contributed by atoms with Crippen LogP contribution < -0.4 is 4.74 Å². The van der Waals surface area contributed by atoms with Gasteiger partial charge < -0.3 is 9.64 Å². The third-order valence-electron chi connectivity index (χ3n) is 4.68. The summed E-state index contributed by atoms with van der Waals surface area (Å²) in [6.45, 7) is 0.877. The summed E-state index contributed by atoms with van der Waals surface area (Å²) in [7, 11) is -2.52. The maximum absolute atomic E-state index is 13.6. The van der Waals surface area contributed by atoms with Crippen molar-refractivity contribution in [3.63, 3.8) is 0 Å². The van der Waals surface area contributed by atoms with Crippen LogP contribution in [0.4, 0.5) is 4.39 Å². The molecule has 9 heteroatoms. The lowest BCUT2D eigenvalue weighted by atomic mass is 10.2. The lowest BCUT2D eigenvalue weighted by molar-refractivity contribution is 0.311. The highest BCUT2D eigenvalue weighted by Gasteiger charge is 2.37. The highest BCUT2D eigenvalue weighted by Crippen LogP contribution is 2.33. The first-order valence-corrected chi connectivity index (χ1v) is 10.8. The number of hydrogen-bond donors (Lipinski definition) is 0. The molecule has 0 aliphatic carbocycles. The number of hydrogen-bond acceptors (Lipinski definition) is 5. The van der Waals surface area contributed by atoms with Gasteiger partial charge in [0.15, 0.2) is 6.19 Å². The second kappa shape index (κ2) is 8.47. The average molecular weight is 468 g/mol. The smallest absolute Gasteiger partial charge is 0.247 e. The Morgan fingerprint density at radius 3 is 2.64 bits per heavy atom. The van der Waals surface area contributed by atoms with Crippen LogP contribution in [-0.4, -0.2) is 43.9 Å². The first kappa shape index (κ1) is 20.6. The Hall–Kier alpha value is -2.15. The number of rotatable bonds is 6. The van der Waals surface area contributed by atoms with Gasteiger partial charge in [-0.3, -0.25) is 0 Å². The minimum atomic E-state index is -3.94. The van der Waals surface area contributed by atoms with E-state index in [1.165, 1.54) is 34.5 Å². The molecule has 6 nitrogen and oxygen atoms in total. The molecule has 1 saturated heterocycles. The van der Waals surface area contributed by atoms with Crippen LogP contribution in [0.15, 0.2) is 51.8 Å². The topological polar surface area (TPSA) is 73.6 Å². The summed E-state index contributed by atoms with van der Waals surface area (Å²) in [5.74, 6) is -0.147. The molecular formula is C19H19BrFN3O3S. The molecule has 0 amide bonds. The van der Waals surface area contributed by atoms with Crippen molar-refractivity contribution in [3.8, 4) is 11.9 Å². The molecule has 0 spiro atoms. The first-order valence-electron chi connectivity index (χ1n) is 8.59. The fraction of sp³-hybridized carbons (Fsp3) is 0.316. The van der Waals surface area contributed by atoms with Crippen molar-refractivity contribution >= 4 is 26.0 Å². The maximum Gasteiger partial charge on any atom is 0.247 e. The van der Waals surface area contributed by atoms with Gasteiger partial charge in [-0.15, -0.1) is 0 Å². The molecule has 1 aliphatic rings. The van der Waals surface area contributed by atoms with Gasteiger partial charge in [0, 0.05) is 30.1 Å². The van der Waals surface area contributed by atoms with Crippen molar-refractivity contribution in [1.82, 2.24) is 9.21 Å². The van der Waals surface area contributed by atoms with Crippen LogP contribution in [0, 0.1) is 17.3 Å². The molecule has 0 bridgehead atoms. The molecule has 3 rings (SSSR count). The summed E-state index contributed by atoms with van der Waals surface area (Å²) in [6.07, 6.45) is 2.61. The first-order chi connectivity index (χ1) is 13.3. The summed E-state index contributed by atoms with van der Waals surface area (Å²) in [6, 6.07) is 10.1. The molecule has 1 atom stereocenters. The zero-order valence-corrected chi connectivity index (χ0v) is 17.6. The van der Waals surface area contributed by atoms with E-state index in [1.807, 2.05) is 0 Å². The van der Waals surface area contributed by atoms with Gasteiger partial charge in [-0.25, -0.2) is 12.8 Å². The molecule has 1 heterocycles. The molecule has 0 unspecified atom stereocenters. The molecule has 1 aliphatic heterocycles. The van der Waals surface area contributed by atoms with Crippen molar-refractivity contribution in [3.05, 3.63) is 58.3 Å². The van der Waals surface area contributed by atoms with Crippen LogP contribution >= 0.6 is 15.9 Å². The minimum Gasteiger partial charge on any atom is -0.495 e. The van der Waals surface area contributed by atoms with E-state index < -0.39 is 10.0 Å². The van der Waals surface area contributed by atoms with E-state index in [0.29, 0.717) is 29.5 Å². The Balaban J connectivity index is 2.03.